The highest BCUT2D eigenvalue weighted by molar-refractivity contribution is 7.99. The zero-order chi connectivity index (χ0) is 16.4. The number of hydrogen-bond donors (Lipinski definition) is 1. The molecule has 2 aromatic heterocycles. The average molecular weight is 327 g/mol. The predicted molar refractivity (Wildman–Crippen MR) is 89.3 cm³/mol. The van der Waals surface area contributed by atoms with Gasteiger partial charge in [-0.1, -0.05) is 17.8 Å². The fraction of sp³-hybridized carbons (Fsp3) is 0.267. The SMILES string of the molecule is Cc1ccc(-n2nnnc2SC(C)c2nccc(N)n2)cc1C. The van der Waals surface area contributed by atoms with E-state index in [4.69, 9.17) is 5.73 Å². The van der Waals surface area contributed by atoms with Crippen molar-refractivity contribution in [3.05, 3.63) is 47.4 Å². The molecule has 8 heteroatoms. The quantitative estimate of drug-likeness (QED) is 0.735. The molecule has 1 atom stereocenters. The molecule has 118 valence electrons. The second-order valence-electron chi connectivity index (χ2n) is 5.24. The molecular formula is C15H17N7S. The van der Waals surface area contributed by atoms with Crippen LogP contribution in [0, 0.1) is 13.8 Å². The average Bonchev–Trinajstić information content (AvgIpc) is 2.98. The molecule has 0 radical (unpaired) electrons. The number of nitrogen functional groups attached to an aromatic ring is 1. The number of rotatable bonds is 4. The maximum Gasteiger partial charge on any atom is 0.214 e. The van der Waals surface area contributed by atoms with Gasteiger partial charge in [-0.2, -0.15) is 4.68 Å². The normalized spacial score (nSPS) is 12.3. The molecule has 0 aliphatic heterocycles. The van der Waals surface area contributed by atoms with Gasteiger partial charge in [0.25, 0.3) is 0 Å². The molecule has 3 rings (SSSR count). The molecule has 2 heterocycles. The largest absolute Gasteiger partial charge is 0.384 e. The smallest absolute Gasteiger partial charge is 0.214 e. The monoisotopic (exact) mass is 327 g/mol. The highest BCUT2D eigenvalue weighted by atomic mass is 32.2. The number of nitrogens with zero attached hydrogens (tertiary/aromatic N) is 6. The van der Waals surface area contributed by atoms with Crippen molar-refractivity contribution in [1.29, 1.82) is 0 Å². The van der Waals surface area contributed by atoms with Crippen LogP contribution >= 0.6 is 11.8 Å². The minimum absolute atomic E-state index is 0.0187. The zero-order valence-electron chi connectivity index (χ0n) is 13.1. The van der Waals surface area contributed by atoms with Crippen molar-refractivity contribution in [2.24, 2.45) is 0 Å². The Morgan fingerprint density at radius 2 is 2.00 bits per heavy atom. The Labute approximate surface area is 138 Å². The van der Waals surface area contributed by atoms with Gasteiger partial charge in [0.05, 0.1) is 10.9 Å². The van der Waals surface area contributed by atoms with Crippen LogP contribution < -0.4 is 5.73 Å². The van der Waals surface area contributed by atoms with E-state index in [1.54, 1.807) is 16.9 Å². The van der Waals surface area contributed by atoms with Crippen molar-refractivity contribution in [3.63, 3.8) is 0 Å². The van der Waals surface area contributed by atoms with E-state index < -0.39 is 0 Å². The van der Waals surface area contributed by atoms with Gasteiger partial charge in [0.2, 0.25) is 5.16 Å². The molecule has 0 saturated heterocycles. The molecule has 2 N–H and O–H groups in total. The molecule has 1 aromatic carbocycles. The Morgan fingerprint density at radius 3 is 2.74 bits per heavy atom. The molecule has 0 aliphatic rings. The van der Waals surface area contributed by atoms with E-state index in [1.807, 2.05) is 13.0 Å². The number of tetrazole rings is 1. The fourth-order valence-corrected chi connectivity index (χ4v) is 2.93. The van der Waals surface area contributed by atoms with E-state index in [2.05, 4.69) is 51.5 Å². The third kappa shape index (κ3) is 3.31. The highest BCUT2D eigenvalue weighted by Gasteiger charge is 2.17. The van der Waals surface area contributed by atoms with Gasteiger partial charge in [0.1, 0.15) is 11.6 Å². The summed E-state index contributed by atoms with van der Waals surface area (Å²) in [7, 11) is 0. The highest BCUT2D eigenvalue weighted by Crippen LogP contribution is 2.32. The van der Waals surface area contributed by atoms with Crippen LogP contribution in [0.2, 0.25) is 0 Å². The molecule has 0 fully saturated rings. The lowest BCUT2D eigenvalue weighted by Crippen LogP contribution is -2.04. The first-order chi connectivity index (χ1) is 11.0. The Morgan fingerprint density at radius 1 is 1.17 bits per heavy atom. The molecule has 3 aromatic rings. The minimum Gasteiger partial charge on any atom is -0.384 e. The van der Waals surface area contributed by atoms with Crippen molar-refractivity contribution in [3.8, 4) is 5.69 Å². The Hall–Kier alpha value is -2.48. The van der Waals surface area contributed by atoms with Gasteiger partial charge in [-0.25, -0.2) is 9.97 Å². The molecule has 0 spiro atoms. The van der Waals surface area contributed by atoms with Crippen LogP contribution in [0.5, 0.6) is 0 Å². The number of anilines is 1. The second-order valence-corrected chi connectivity index (χ2v) is 6.55. The lowest BCUT2D eigenvalue weighted by Gasteiger charge is -2.10. The van der Waals surface area contributed by atoms with Crippen LogP contribution in [0.1, 0.15) is 29.1 Å². The fourth-order valence-electron chi connectivity index (χ4n) is 2.07. The summed E-state index contributed by atoms with van der Waals surface area (Å²) in [5.74, 6) is 1.11. The summed E-state index contributed by atoms with van der Waals surface area (Å²) in [5, 5.41) is 12.7. The first-order valence-corrected chi connectivity index (χ1v) is 8.03. The molecule has 23 heavy (non-hydrogen) atoms. The zero-order valence-corrected chi connectivity index (χ0v) is 13.9. The maximum atomic E-state index is 5.72. The Kier molecular flexibility index (Phi) is 4.24. The van der Waals surface area contributed by atoms with Crippen LogP contribution in [0.4, 0.5) is 5.82 Å². The molecule has 0 saturated carbocycles. The topological polar surface area (TPSA) is 95.4 Å². The van der Waals surface area contributed by atoms with Gasteiger partial charge >= 0.3 is 0 Å². The Bertz CT molecular complexity index is 830. The van der Waals surface area contributed by atoms with E-state index in [1.165, 1.54) is 22.9 Å². The van der Waals surface area contributed by atoms with Crippen molar-refractivity contribution in [2.75, 3.05) is 5.73 Å². The van der Waals surface area contributed by atoms with Crippen molar-refractivity contribution in [1.82, 2.24) is 30.2 Å². The summed E-state index contributed by atoms with van der Waals surface area (Å²) >= 11 is 1.49. The van der Waals surface area contributed by atoms with Gasteiger partial charge in [0, 0.05) is 6.20 Å². The van der Waals surface area contributed by atoms with Crippen molar-refractivity contribution < 1.29 is 0 Å². The van der Waals surface area contributed by atoms with Crippen LogP contribution in [0.3, 0.4) is 0 Å². The van der Waals surface area contributed by atoms with E-state index in [0.717, 1.165) is 5.69 Å². The first-order valence-electron chi connectivity index (χ1n) is 7.15. The summed E-state index contributed by atoms with van der Waals surface area (Å²) in [5.41, 5.74) is 9.08. The molecule has 7 nitrogen and oxygen atoms in total. The predicted octanol–water partition coefficient (Wildman–Crippen LogP) is 2.50. The third-order valence-electron chi connectivity index (χ3n) is 3.52. The maximum absolute atomic E-state index is 5.72. The van der Waals surface area contributed by atoms with Crippen LogP contribution in [0.15, 0.2) is 35.6 Å². The number of thioether (sulfide) groups is 1. The van der Waals surface area contributed by atoms with E-state index in [-0.39, 0.29) is 5.25 Å². The van der Waals surface area contributed by atoms with Crippen LogP contribution in [-0.2, 0) is 0 Å². The van der Waals surface area contributed by atoms with Gasteiger partial charge in [0.15, 0.2) is 0 Å². The van der Waals surface area contributed by atoms with Gasteiger partial charge in [-0.05, 0) is 60.5 Å². The number of nitrogens with two attached hydrogens (primary N) is 1. The van der Waals surface area contributed by atoms with Crippen molar-refractivity contribution in [2.45, 2.75) is 31.2 Å². The summed E-state index contributed by atoms with van der Waals surface area (Å²) in [6.07, 6.45) is 1.65. The summed E-state index contributed by atoms with van der Waals surface area (Å²) in [6.45, 7) is 6.14. The molecule has 0 bridgehead atoms. The van der Waals surface area contributed by atoms with Crippen LogP contribution in [0.25, 0.3) is 5.69 Å². The lowest BCUT2D eigenvalue weighted by atomic mass is 10.1. The summed E-state index contributed by atoms with van der Waals surface area (Å²) < 4.78 is 1.72. The van der Waals surface area contributed by atoms with E-state index >= 15 is 0 Å². The standard InChI is InChI=1S/C15H17N7S/c1-9-4-5-12(8-10(9)2)22-15(19-20-21-22)23-11(3)14-17-7-6-13(16)18-14/h4-8,11H,1-3H3,(H2,16,17,18). The number of hydrogen-bond acceptors (Lipinski definition) is 7. The van der Waals surface area contributed by atoms with E-state index in [0.29, 0.717) is 16.8 Å². The van der Waals surface area contributed by atoms with E-state index in [9.17, 15) is 0 Å². The summed E-state index contributed by atoms with van der Waals surface area (Å²) in [6, 6.07) is 7.80. The van der Waals surface area contributed by atoms with Crippen molar-refractivity contribution >= 4 is 17.6 Å². The third-order valence-corrected chi connectivity index (χ3v) is 4.55. The number of benzene rings is 1. The van der Waals surface area contributed by atoms with Gasteiger partial charge in [-0.3, -0.25) is 0 Å². The number of aryl methyl sites for hydroxylation is 2. The number of aromatic nitrogens is 6. The lowest BCUT2D eigenvalue weighted by molar-refractivity contribution is 0.753. The minimum atomic E-state index is -0.0187. The molecule has 1 unspecified atom stereocenters. The van der Waals surface area contributed by atoms with Gasteiger partial charge in [-0.15, -0.1) is 5.10 Å². The Balaban J connectivity index is 1.87. The molecule has 0 aliphatic carbocycles. The summed E-state index contributed by atoms with van der Waals surface area (Å²) in [4.78, 5) is 8.51. The molecular weight excluding hydrogens is 310 g/mol. The first kappa shape index (κ1) is 15.4. The van der Waals surface area contributed by atoms with Crippen LogP contribution in [-0.4, -0.2) is 30.2 Å². The van der Waals surface area contributed by atoms with Gasteiger partial charge < -0.3 is 5.73 Å². The molecule has 0 amide bonds. The second kappa shape index (κ2) is 6.33.